The minimum absolute atomic E-state index is 0.463. The number of hydrogen-bond donors (Lipinski definition) is 1. The van der Waals surface area contributed by atoms with Gasteiger partial charge in [0.2, 0.25) is 5.95 Å². The number of benzene rings is 2. The highest BCUT2D eigenvalue weighted by Gasteiger charge is 2.10. The van der Waals surface area contributed by atoms with Gasteiger partial charge in [-0.05, 0) is 42.5 Å². The van der Waals surface area contributed by atoms with Crippen LogP contribution in [-0.2, 0) is 0 Å². The molecule has 0 amide bonds. The summed E-state index contributed by atoms with van der Waals surface area (Å²) in [4.78, 5) is 4.34. The van der Waals surface area contributed by atoms with E-state index in [1.54, 1.807) is 0 Å². The zero-order chi connectivity index (χ0) is 12.7. The van der Waals surface area contributed by atoms with Gasteiger partial charge >= 0.3 is 0 Å². The Hall–Kier alpha value is -1.52. The molecule has 5 heteroatoms. The number of aromatic nitrogens is 2. The Bertz CT molecular complexity index is 719. The van der Waals surface area contributed by atoms with Gasteiger partial charge in [-0.25, -0.2) is 4.98 Å². The highest BCUT2D eigenvalue weighted by Crippen LogP contribution is 2.26. The molecular formula is C13H9BrClN3. The highest BCUT2D eigenvalue weighted by molar-refractivity contribution is 9.10. The molecule has 3 aromatic rings. The summed E-state index contributed by atoms with van der Waals surface area (Å²) in [6.07, 6.45) is 0. The van der Waals surface area contributed by atoms with E-state index in [9.17, 15) is 0 Å². The van der Waals surface area contributed by atoms with E-state index in [1.807, 2.05) is 47.0 Å². The predicted molar refractivity (Wildman–Crippen MR) is 78.2 cm³/mol. The van der Waals surface area contributed by atoms with Crippen molar-refractivity contribution in [2.45, 2.75) is 0 Å². The minimum Gasteiger partial charge on any atom is -0.369 e. The number of nitrogens with zero attached hydrogens (tertiary/aromatic N) is 2. The van der Waals surface area contributed by atoms with Gasteiger partial charge in [0.15, 0.2) is 0 Å². The predicted octanol–water partition coefficient (Wildman–Crippen LogP) is 4.02. The normalized spacial score (nSPS) is 11.0. The van der Waals surface area contributed by atoms with E-state index in [1.165, 1.54) is 0 Å². The van der Waals surface area contributed by atoms with Crippen LogP contribution in [0.3, 0.4) is 0 Å². The average molecular weight is 323 g/mol. The van der Waals surface area contributed by atoms with Crippen LogP contribution in [0.4, 0.5) is 5.95 Å². The summed E-state index contributed by atoms with van der Waals surface area (Å²) in [5.41, 5.74) is 8.75. The van der Waals surface area contributed by atoms with E-state index < -0.39 is 0 Å². The van der Waals surface area contributed by atoms with Gasteiger partial charge in [0, 0.05) is 15.2 Å². The number of nitrogens with two attached hydrogens (primary N) is 1. The smallest absolute Gasteiger partial charge is 0.205 e. The standard InChI is InChI=1S/C13H9BrClN3/c14-8-1-6-11-12(7-8)18(13(16)17-11)10-4-2-9(15)3-5-10/h1-7H,(H2,16,17). The van der Waals surface area contributed by atoms with Gasteiger partial charge in [-0.3, -0.25) is 4.57 Å². The van der Waals surface area contributed by atoms with Crippen LogP contribution in [0.1, 0.15) is 0 Å². The largest absolute Gasteiger partial charge is 0.369 e. The molecule has 0 atom stereocenters. The Balaban J connectivity index is 2.30. The van der Waals surface area contributed by atoms with Crippen LogP contribution in [0, 0.1) is 0 Å². The van der Waals surface area contributed by atoms with Gasteiger partial charge in [-0.15, -0.1) is 0 Å². The van der Waals surface area contributed by atoms with Crippen LogP contribution >= 0.6 is 27.5 Å². The van der Waals surface area contributed by atoms with Crippen LogP contribution in [0.25, 0.3) is 16.7 Å². The topological polar surface area (TPSA) is 43.8 Å². The van der Waals surface area contributed by atoms with Crippen molar-refractivity contribution in [3.8, 4) is 5.69 Å². The molecule has 0 saturated heterocycles. The zero-order valence-electron chi connectivity index (χ0n) is 9.27. The lowest BCUT2D eigenvalue weighted by Gasteiger charge is -2.06. The molecule has 1 heterocycles. The molecule has 90 valence electrons. The second kappa shape index (κ2) is 4.30. The fourth-order valence-electron chi connectivity index (χ4n) is 1.93. The van der Waals surface area contributed by atoms with Crippen LogP contribution in [-0.4, -0.2) is 9.55 Å². The van der Waals surface area contributed by atoms with Crippen molar-refractivity contribution < 1.29 is 0 Å². The van der Waals surface area contributed by atoms with E-state index in [2.05, 4.69) is 20.9 Å². The molecule has 0 aliphatic heterocycles. The maximum Gasteiger partial charge on any atom is 0.205 e. The summed E-state index contributed by atoms with van der Waals surface area (Å²) in [6, 6.07) is 13.4. The Labute approximate surface area is 117 Å². The first-order valence-electron chi connectivity index (χ1n) is 5.34. The number of nitrogen functional groups attached to an aromatic ring is 1. The number of halogens is 2. The van der Waals surface area contributed by atoms with Gasteiger partial charge in [0.1, 0.15) is 0 Å². The molecule has 0 unspecified atom stereocenters. The van der Waals surface area contributed by atoms with E-state index in [0.717, 1.165) is 21.2 Å². The van der Waals surface area contributed by atoms with Crippen molar-refractivity contribution in [2.75, 3.05) is 5.73 Å². The minimum atomic E-state index is 0.463. The molecule has 2 N–H and O–H groups in total. The van der Waals surface area contributed by atoms with Crippen molar-refractivity contribution >= 4 is 44.5 Å². The third-order valence-electron chi connectivity index (χ3n) is 2.73. The monoisotopic (exact) mass is 321 g/mol. The summed E-state index contributed by atoms with van der Waals surface area (Å²) in [5, 5.41) is 0.697. The molecule has 18 heavy (non-hydrogen) atoms. The molecule has 0 spiro atoms. The maximum absolute atomic E-state index is 5.98. The van der Waals surface area contributed by atoms with Crippen molar-refractivity contribution in [1.29, 1.82) is 0 Å². The molecule has 1 aromatic heterocycles. The molecule has 2 aromatic carbocycles. The molecule has 0 aliphatic rings. The Kier molecular flexibility index (Phi) is 2.76. The van der Waals surface area contributed by atoms with Gasteiger partial charge in [0.05, 0.1) is 11.0 Å². The van der Waals surface area contributed by atoms with Crippen LogP contribution in [0.2, 0.25) is 5.02 Å². The second-order valence-electron chi connectivity index (χ2n) is 3.91. The van der Waals surface area contributed by atoms with Crippen LogP contribution in [0.15, 0.2) is 46.9 Å². The van der Waals surface area contributed by atoms with Crippen molar-refractivity contribution in [3.63, 3.8) is 0 Å². The second-order valence-corrected chi connectivity index (χ2v) is 5.27. The van der Waals surface area contributed by atoms with E-state index >= 15 is 0 Å². The summed E-state index contributed by atoms with van der Waals surface area (Å²) >= 11 is 9.35. The van der Waals surface area contributed by atoms with Gasteiger partial charge in [0.25, 0.3) is 0 Å². The molecule has 0 aliphatic carbocycles. The summed E-state index contributed by atoms with van der Waals surface area (Å²) in [5.74, 6) is 0.463. The average Bonchev–Trinajstić information content (AvgIpc) is 2.66. The fraction of sp³-hybridized carbons (Fsp3) is 0. The van der Waals surface area contributed by atoms with Crippen molar-refractivity contribution in [3.05, 3.63) is 52.0 Å². The molecule has 3 rings (SSSR count). The first-order chi connectivity index (χ1) is 8.65. The maximum atomic E-state index is 5.98. The first-order valence-corrected chi connectivity index (χ1v) is 6.52. The number of rotatable bonds is 1. The zero-order valence-corrected chi connectivity index (χ0v) is 11.6. The van der Waals surface area contributed by atoms with E-state index in [0.29, 0.717) is 11.0 Å². The number of fused-ring (bicyclic) bond motifs is 1. The molecule has 0 radical (unpaired) electrons. The van der Waals surface area contributed by atoms with Gasteiger partial charge < -0.3 is 5.73 Å². The van der Waals surface area contributed by atoms with E-state index in [-0.39, 0.29) is 0 Å². The summed E-state index contributed by atoms with van der Waals surface area (Å²) in [6.45, 7) is 0. The lowest BCUT2D eigenvalue weighted by atomic mass is 10.3. The first kappa shape index (κ1) is 11.6. The fourth-order valence-corrected chi connectivity index (χ4v) is 2.40. The number of imidazole rings is 1. The third-order valence-corrected chi connectivity index (χ3v) is 3.47. The van der Waals surface area contributed by atoms with Crippen molar-refractivity contribution in [1.82, 2.24) is 9.55 Å². The highest BCUT2D eigenvalue weighted by atomic mass is 79.9. The van der Waals surface area contributed by atoms with Crippen LogP contribution < -0.4 is 5.73 Å². The molecule has 0 bridgehead atoms. The lowest BCUT2D eigenvalue weighted by molar-refractivity contribution is 1.11. The molecule has 0 fully saturated rings. The lowest BCUT2D eigenvalue weighted by Crippen LogP contribution is -2.00. The molecular weight excluding hydrogens is 314 g/mol. The third kappa shape index (κ3) is 1.87. The van der Waals surface area contributed by atoms with Gasteiger partial charge in [-0.2, -0.15) is 0 Å². The van der Waals surface area contributed by atoms with Gasteiger partial charge in [-0.1, -0.05) is 27.5 Å². The quantitative estimate of drug-likeness (QED) is 0.735. The summed E-state index contributed by atoms with van der Waals surface area (Å²) in [7, 11) is 0. The molecule has 3 nitrogen and oxygen atoms in total. The van der Waals surface area contributed by atoms with Crippen molar-refractivity contribution in [2.24, 2.45) is 0 Å². The van der Waals surface area contributed by atoms with E-state index in [4.69, 9.17) is 17.3 Å². The Morgan fingerprint density at radius 1 is 1.11 bits per heavy atom. The number of anilines is 1. The van der Waals surface area contributed by atoms with Crippen LogP contribution in [0.5, 0.6) is 0 Å². The molecule has 0 saturated carbocycles. The summed E-state index contributed by atoms with van der Waals surface area (Å²) < 4.78 is 2.89. The SMILES string of the molecule is Nc1nc2ccc(Br)cc2n1-c1ccc(Cl)cc1. The number of hydrogen-bond acceptors (Lipinski definition) is 2. The Morgan fingerprint density at radius 2 is 1.83 bits per heavy atom. The Morgan fingerprint density at radius 3 is 2.56 bits per heavy atom.